The molecule has 0 saturated carbocycles. The Kier molecular flexibility index (Phi) is 2.48. The first kappa shape index (κ1) is 11.1. The lowest BCUT2D eigenvalue weighted by atomic mass is 10.0. The van der Waals surface area contributed by atoms with E-state index in [2.05, 4.69) is 5.32 Å². The van der Waals surface area contributed by atoms with Crippen LogP contribution in [0, 0.1) is 0 Å². The van der Waals surface area contributed by atoms with Gasteiger partial charge in [-0.3, -0.25) is 0 Å². The summed E-state index contributed by atoms with van der Waals surface area (Å²) in [6, 6.07) is 5.51. The van der Waals surface area contributed by atoms with Crippen LogP contribution in [0.15, 0.2) is 18.2 Å². The van der Waals surface area contributed by atoms with Gasteiger partial charge >= 0.3 is 6.09 Å². The van der Waals surface area contributed by atoms with Crippen LogP contribution in [0.5, 0.6) is 5.75 Å². The lowest BCUT2D eigenvalue weighted by molar-refractivity contribution is 0.196. The second-order valence-corrected chi connectivity index (χ2v) is 4.35. The highest BCUT2D eigenvalue weighted by molar-refractivity contribution is 5.94. The fourth-order valence-corrected chi connectivity index (χ4v) is 2.62. The van der Waals surface area contributed by atoms with Gasteiger partial charge in [-0.1, -0.05) is 0 Å². The van der Waals surface area contributed by atoms with Gasteiger partial charge in [-0.25, -0.2) is 9.36 Å². The molecule has 0 atom stereocenters. The van der Waals surface area contributed by atoms with E-state index in [1.165, 1.54) is 4.57 Å². The average Bonchev–Trinajstić information content (AvgIpc) is 2.72. The van der Waals surface area contributed by atoms with E-state index in [0.717, 1.165) is 40.9 Å². The lowest BCUT2D eigenvalue weighted by Crippen LogP contribution is -2.26. The number of benzene rings is 1. The molecule has 3 rings (SSSR count). The lowest BCUT2D eigenvalue weighted by Gasteiger charge is -2.14. The van der Waals surface area contributed by atoms with Gasteiger partial charge in [-0.2, -0.15) is 0 Å². The van der Waals surface area contributed by atoms with Gasteiger partial charge in [0.1, 0.15) is 5.75 Å². The van der Waals surface area contributed by atoms with Crippen LogP contribution in [0.4, 0.5) is 4.79 Å². The van der Waals surface area contributed by atoms with Crippen LogP contribution >= 0.6 is 0 Å². The molecule has 0 unspecified atom stereocenters. The van der Waals surface area contributed by atoms with Gasteiger partial charge in [0.2, 0.25) is 0 Å². The molecule has 0 amide bonds. The number of nitrogens with zero attached hydrogens (tertiary/aromatic N) is 1. The third-order valence-corrected chi connectivity index (χ3v) is 3.42. The summed E-state index contributed by atoms with van der Waals surface area (Å²) in [5.74, 6) is 0.756. The maximum atomic E-state index is 11.4. The number of ether oxygens (including phenoxy) is 1. The second kappa shape index (κ2) is 4.03. The van der Waals surface area contributed by atoms with Crippen molar-refractivity contribution in [3.8, 4) is 5.75 Å². The first-order valence-electron chi connectivity index (χ1n) is 5.86. The molecule has 0 bridgehead atoms. The minimum absolute atomic E-state index is 0.596. The Morgan fingerprint density at radius 2 is 2.33 bits per heavy atom. The summed E-state index contributed by atoms with van der Waals surface area (Å²) >= 11 is 0. The van der Waals surface area contributed by atoms with Crippen molar-refractivity contribution in [2.75, 3.05) is 13.7 Å². The first-order valence-corrected chi connectivity index (χ1v) is 5.86. The van der Waals surface area contributed by atoms with E-state index in [1.807, 2.05) is 6.07 Å². The smallest absolute Gasteiger partial charge is 0.416 e. The van der Waals surface area contributed by atoms with Gasteiger partial charge in [-0.05, 0) is 36.7 Å². The van der Waals surface area contributed by atoms with Crippen molar-refractivity contribution in [3.05, 3.63) is 29.5 Å². The molecule has 1 aromatic heterocycles. The third-order valence-electron chi connectivity index (χ3n) is 3.42. The Labute approximate surface area is 104 Å². The average molecular weight is 246 g/mol. The molecule has 2 N–H and O–H groups in total. The van der Waals surface area contributed by atoms with Crippen molar-refractivity contribution in [2.45, 2.75) is 13.0 Å². The molecule has 0 aliphatic carbocycles. The summed E-state index contributed by atoms with van der Waals surface area (Å²) < 4.78 is 6.58. The molecule has 0 radical (unpaired) electrons. The SMILES string of the molecule is COc1ccc2c(c1)c1c(n2C(=O)O)CNCC1. The van der Waals surface area contributed by atoms with E-state index >= 15 is 0 Å². The molecule has 1 aromatic carbocycles. The van der Waals surface area contributed by atoms with E-state index < -0.39 is 6.09 Å². The zero-order chi connectivity index (χ0) is 12.7. The monoisotopic (exact) mass is 246 g/mol. The second-order valence-electron chi connectivity index (χ2n) is 4.35. The van der Waals surface area contributed by atoms with Crippen LogP contribution in [-0.4, -0.2) is 29.4 Å². The zero-order valence-electron chi connectivity index (χ0n) is 10.1. The zero-order valence-corrected chi connectivity index (χ0v) is 10.1. The van der Waals surface area contributed by atoms with E-state index in [-0.39, 0.29) is 0 Å². The molecular weight excluding hydrogens is 232 g/mol. The fourth-order valence-electron chi connectivity index (χ4n) is 2.62. The van der Waals surface area contributed by atoms with E-state index in [4.69, 9.17) is 4.74 Å². The normalized spacial score (nSPS) is 14.5. The minimum atomic E-state index is -0.935. The molecule has 0 saturated heterocycles. The standard InChI is InChI=1S/C13H14N2O3/c1-18-8-2-3-11-10(6-8)9-4-5-14-7-12(9)15(11)13(16)17/h2-3,6,14H,4-5,7H2,1H3,(H,16,17). The van der Waals surface area contributed by atoms with Crippen LogP contribution < -0.4 is 10.1 Å². The first-order chi connectivity index (χ1) is 8.72. The van der Waals surface area contributed by atoms with Crippen molar-refractivity contribution in [1.82, 2.24) is 9.88 Å². The van der Waals surface area contributed by atoms with Crippen LogP contribution in [0.3, 0.4) is 0 Å². The number of carbonyl (C=O) groups is 1. The van der Waals surface area contributed by atoms with E-state index in [1.54, 1.807) is 19.2 Å². The maximum Gasteiger partial charge on any atom is 0.416 e. The van der Waals surface area contributed by atoms with Crippen molar-refractivity contribution < 1.29 is 14.6 Å². The van der Waals surface area contributed by atoms with Crippen LogP contribution in [-0.2, 0) is 13.0 Å². The molecule has 1 aliphatic rings. The number of hydrogen-bond acceptors (Lipinski definition) is 3. The summed E-state index contributed by atoms with van der Waals surface area (Å²) in [6.45, 7) is 1.47. The predicted octanol–water partition coefficient (Wildman–Crippen LogP) is 1.82. The van der Waals surface area contributed by atoms with Gasteiger partial charge in [0.25, 0.3) is 0 Å². The van der Waals surface area contributed by atoms with Crippen molar-refractivity contribution in [2.24, 2.45) is 0 Å². The molecule has 18 heavy (non-hydrogen) atoms. The van der Waals surface area contributed by atoms with Crippen LogP contribution in [0.25, 0.3) is 10.9 Å². The van der Waals surface area contributed by atoms with Gasteiger partial charge in [0, 0.05) is 17.6 Å². The number of fused-ring (bicyclic) bond motifs is 3. The Bertz CT molecular complexity index is 631. The molecular formula is C13H14N2O3. The van der Waals surface area contributed by atoms with Crippen molar-refractivity contribution in [1.29, 1.82) is 0 Å². The number of methoxy groups -OCH3 is 1. The highest BCUT2D eigenvalue weighted by Crippen LogP contribution is 2.31. The quantitative estimate of drug-likeness (QED) is 0.805. The van der Waals surface area contributed by atoms with Gasteiger partial charge < -0.3 is 15.2 Å². The molecule has 2 aromatic rings. The molecule has 0 spiro atoms. The summed E-state index contributed by atoms with van der Waals surface area (Å²) in [7, 11) is 1.61. The Morgan fingerprint density at radius 1 is 1.50 bits per heavy atom. The Balaban J connectivity index is 2.36. The molecule has 1 aliphatic heterocycles. The third kappa shape index (κ3) is 1.48. The molecule has 5 heteroatoms. The molecule has 94 valence electrons. The van der Waals surface area contributed by atoms with Crippen molar-refractivity contribution >= 4 is 17.0 Å². The van der Waals surface area contributed by atoms with E-state index in [0.29, 0.717) is 6.54 Å². The Morgan fingerprint density at radius 3 is 3.06 bits per heavy atom. The number of hydrogen-bond donors (Lipinski definition) is 2. The number of carboxylic acid groups (broad SMARTS) is 1. The summed E-state index contributed by atoms with van der Waals surface area (Å²) in [5.41, 5.74) is 2.69. The highest BCUT2D eigenvalue weighted by atomic mass is 16.5. The Hall–Kier alpha value is -2.01. The summed E-state index contributed by atoms with van der Waals surface area (Å²) in [6.07, 6.45) is -0.0886. The number of rotatable bonds is 1. The maximum absolute atomic E-state index is 11.4. The topological polar surface area (TPSA) is 63.5 Å². The predicted molar refractivity (Wildman–Crippen MR) is 67.3 cm³/mol. The number of nitrogens with one attached hydrogen (secondary N) is 1. The van der Waals surface area contributed by atoms with Gasteiger partial charge in [0.05, 0.1) is 12.6 Å². The summed E-state index contributed by atoms with van der Waals surface area (Å²) in [5, 5.41) is 13.5. The van der Waals surface area contributed by atoms with Crippen molar-refractivity contribution in [3.63, 3.8) is 0 Å². The molecule has 5 nitrogen and oxygen atoms in total. The molecule has 0 fully saturated rings. The van der Waals surface area contributed by atoms with E-state index in [9.17, 15) is 9.90 Å². The summed E-state index contributed by atoms with van der Waals surface area (Å²) in [4.78, 5) is 11.4. The highest BCUT2D eigenvalue weighted by Gasteiger charge is 2.23. The van der Waals surface area contributed by atoms with Gasteiger partial charge in [0.15, 0.2) is 0 Å². The van der Waals surface area contributed by atoms with Crippen LogP contribution in [0.2, 0.25) is 0 Å². The largest absolute Gasteiger partial charge is 0.497 e. The molecule has 2 heterocycles. The number of aromatic nitrogens is 1. The van der Waals surface area contributed by atoms with Crippen LogP contribution in [0.1, 0.15) is 11.3 Å². The minimum Gasteiger partial charge on any atom is -0.497 e. The van der Waals surface area contributed by atoms with Gasteiger partial charge in [-0.15, -0.1) is 0 Å². The fraction of sp³-hybridized carbons (Fsp3) is 0.308.